The molecule has 0 saturated heterocycles. The van der Waals surface area contributed by atoms with E-state index in [1.54, 1.807) is 0 Å². The van der Waals surface area contributed by atoms with Gasteiger partial charge in [0.15, 0.2) is 0 Å². The van der Waals surface area contributed by atoms with Gasteiger partial charge < -0.3 is 9.47 Å². The molecule has 0 amide bonds. The molecule has 3 atom stereocenters. The van der Waals surface area contributed by atoms with Gasteiger partial charge in [0.1, 0.15) is 0 Å². The van der Waals surface area contributed by atoms with Crippen molar-refractivity contribution in [2.45, 2.75) is 44.6 Å². The fraction of sp³-hybridized carbons (Fsp3) is 0.184. The second kappa shape index (κ2) is 13.2. The molecule has 0 saturated carbocycles. The smallest absolute Gasteiger partial charge is 0.0656 e. The Balaban J connectivity index is 0.801. The van der Waals surface area contributed by atoms with Crippen LogP contribution in [0.4, 0.5) is 5.69 Å². The zero-order chi connectivity index (χ0) is 35.3. The molecule has 3 unspecified atom stereocenters. The number of benzene rings is 5. The highest BCUT2D eigenvalue weighted by Gasteiger charge is 2.40. The van der Waals surface area contributed by atoms with Crippen molar-refractivity contribution >= 4 is 35.1 Å². The van der Waals surface area contributed by atoms with E-state index in [2.05, 4.69) is 178 Å². The lowest BCUT2D eigenvalue weighted by molar-refractivity contribution is 0.719. The lowest BCUT2D eigenvalue weighted by Crippen LogP contribution is -2.34. The summed E-state index contributed by atoms with van der Waals surface area (Å²) in [6, 6.07) is 45.6. The summed E-state index contributed by atoms with van der Waals surface area (Å²) in [6.07, 6.45) is 16.9. The van der Waals surface area contributed by atoms with Crippen molar-refractivity contribution in [3.63, 3.8) is 0 Å². The van der Waals surface area contributed by atoms with Crippen LogP contribution in [0.2, 0.25) is 0 Å². The molecule has 0 bridgehead atoms. The quantitative estimate of drug-likeness (QED) is 0.165. The van der Waals surface area contributed by atoms with Crippen molar-refractivity contribution in [1.82, 2.24) is 4.57 Å². The first-order chi connectivity index (χ1) is 26.2. The maximum absolute atomic E-state index is 4.57. The fourth-order valence-electron chi connectivity index (χ4n) is 8.96. The molecule has 6 aromatic rings. The number of rotatable bonds is 7. The topological polar surface area (TPSA) is 32.9 Å². The molecule has 0 fully saturated rings. The molecule has 5 aromatic carbocycles. The maximum atomic E-state index is 4.57. The number of allylic oxidation sites excluding steroid dienone is 1. The van der Waals surface area contributed by atoms with E-state index >= 15 is 0 Å². The first-order valence-electron chi connectivity index (χ1n) is 19.1. The molecule has 53 heavy (non-hydrogen) atoms. The average molecular weight is 687 g/mol. The minimum Gasteiger partial charge on any atom is -0.337 e. The van der Waals surface area contributed by atoms with Crippen LogP contribution in [-0.2, 0) is 12.8 Å². The first-order valence-corrected chi connectivity index (χ1v) is 19.1. The Bertz CT molecular complexity index is 2470. The van der Waals surface area contributed by atoms with Gasteiger partial charge in [0, 0.05) is 82.7 Å². The zero-order valence-electron chi connectivity index (χ0n) is 30.1. The molecule has 0 N–H and O–H groups in total. The Hall–Kier alpha value is -6.00. The van der Waals surface area contributed by atoms with Crippen molar-refractivity contribution in [3.8, 4) is 16.8 Å². The fourth-order valence-corrected chi connectivity index (χ4v) is 8.96. The summed E-state index contributed by atoms with van der Waals surface area (Å²) in [7, 11) is 0. The molecule has 4 aliphatic rings. The van der Waals surface area contributed by atoms with E-state index in [4.69, 9.17) is 0 Å². The van der Waals surface area contributed by atoms with Gasteiger partial charge in [-0.15, -0.1) is 0 Å². The van der Waals surface area contributed by atoms with Gasteiger partial charge in [0.2, 0.25) is 0 Å². The second-order valence-electron chi connectivity index (χ2n) is 15.0. The van der Waals surface area contributed by atoms with Crippen LogP contribution in [0.3, 0.4) is 0 Å². The molecule has 0 radical (unpaired) electrons. The van der Waals surface area contributed by atoms with Crippen LogP contribution in [-0.4, -0.2) is 29.6 Å². The number of fused-ring (bicyclic) bond motifs is 5. The molecular formula is C49H42N4. The number of hydrogen-bond donors (Lipinski definition) is 0. The van der Waals surface area contributed by atoms with Crippen molar-refractivity contribution in [1.29, 1.82) is 0 Å². The summed E-state index contributed by atoms with van der Waals surface area (Å²) >= 11 is 0. The Morgan fingerprint density at radius 1 is 0.698 bits per heavy atom. The second-order valence-corrected chi connectivity index (χ2v) is 15.0. The third-order valence-corrected chi connectivity index (χ3v) is 11.6. The van der Waals surface area contributed by atoms with E-state index < -0.39 is 0 Å². The average Bonchev–Trinajstić information content (AvgIpc) is 3.73. The SMILES string of the molecule is CC1CC=Cc2c1n(-c1ccc(Cc3ccc(-c4ccc(Cc5ccc(N6C7=C(C=NCC7)C7C=NC=CC76)cc5)cc4)cc3)cc1)c1ccccc21. The normalized spacial score (nSPS) is 19.9. The summed E-state index contributed by atoms with van der Waals surface area (Å²) < 4.78 is 2.48. The molecule has 4 nitrogen and oxygen atoms in total. The van der Waals surface area contributed by atoms with Gasteiger partial charge in [-0.05, 0) is 89.1 Å². The monoisotopic (exact) mass is 686 g/mol. The standard InChI is InChI=1S/C49H42N4/c1-33-5-4-7-43-42-6-2-3-8-46(42)53(49(33)43)41-23-15-37(16-24-41)30-35-11-19-39(20-12-35)38-17-9-34(10-18-38)29-36-13-21-40(22-14-36)52-47-25-27-50-31-44(47)45-32-51-28-26-48(45)52/h2-4,6-25,27,31-33,44,47H,5,26,28-30H2,1H3. The minimum atomic E-state index is 0.283. The van der Waals surface area contributed by atoms with Crippen molar-refractivity contribution < 1.29 is 0 Å². The summed E-state index contributed by atoms with van der Waals surface area (Å²) in [6.45, 7) is 3.20. The van der Waals surface area contributed by atoms with E-state index in [0.717, 1.165) is 32.2 Å². The molecule has 1 aromatic heterocycles. The number of para-hydroxylation sites is 1. The highest BCUT2D eigenvalue weighted by molar-refractivity contribution is 5.94. The van der Waals surface area contributed by atoms with Crippen LogP contribution in [0.25, 0.3) is 33.8 Å². The van der Waals surface area contributed by atoms with Crippen LogP contribution in [0.5, 0.6) is 0 Å². The van der Waals surface area contributed by atoms with Crippen molar-refractivity contribution in [2.75, 3.05) is 11.4 Å². The third kappa shape index (κ3) is 5.70. The van der Waals surface area contributed by atoms with Crippen molar-refractivity contribution in [2.24, 2.45) is 15.9 Å². The molecule has 3 aliphatic heterocycles. The van der Waals surface area contributed by atoms with E-state index in [1.165, 1.54) is 78.2 Å². The first kappa shape index (κ1) is 31.7. The van der Waals surface area contributed by atoms with Crippen LogP contribution < -0.4 is 4.90 Å². The summed E-state index contributed by atoms with van der Waals surface area (Å²) in [5.41, 5.74) is 17.1. The highest BCUT2D eigenvalue weighted by Crippen LogP contribution is 2.42. The van der Waals surface area contributed by atoms with Crippen LogP contribution >= 0.6 is 0 Å². The Morgan fingerprint density at radius 2 is 1.32 bits per heavy atom. The van der Waals surface area contributed by atoms with Crippen LogP contribution in [0.1, 0.15) is 59.2 Å². The molecule has 10 rings (SSSR count). The molecule has 1 aliphatic carbocycles. The minimum absolute atomic E-state index is 0.283. The van der Waals surface area contributed by atoms with Gasteiger partial charge in [0.05, 0.1) is 11.6 Å². The van der Waals surface area contributed by atoms with E-state index in [0.29, 0.717) is 5.92 Å². The number of aromatic nitrogens is 1. The van der Waals surface area contributed by atoms with Crippen molar-refractivity contribution in [3.05, 3.63) is 184 Å². The number of anilines is 1. The van der Waals surface area contributed by atoms with E-state index in [-0.39, 0.29) is 12.0 Å². The van der Waals surface area contributed by atoms with Gasteiger partial charge in [0.25, 0.3) is 0 Å². The third-order valence-electron chi connectivity index (χ3n) is 11.6. The Labute approximate surface area is 311 Å². The Kier molecular flexibility index (Phi) is 7.90. The summed E-state index contributed by atoms with van der Waals surface area (Å²) in [5.74, 6) is 0.781. The number of aliphatic imine (C=N–C) groups is 2. The molecule has 0 spiro atoms. The van der Waals surface area contributed by atoms with Gasteiger partial charge in [-0.1, -0.05) is 110 Å². The Morgan fingerprint density at radius 3 is 2.00 bits per heavy atom. The summed E-state index contributed by atoms with van der Waals surface area (Å²) in [5, 5.41) is 1.34. The molecule has 4 heteroatoms. The van der Waals surface area contributed by atoms with Crippen LogP contribution in [0, 0.1) is 5.92 Å². The maximum Gasteiger partial charge on any atom is 0.0656 e. The summed E-state index contributed by atoms with van der Waals surface area (Å²) in [4.78, 5) is 11.5. The molecule has 258 valence electrons. The largest absolute Gasteiger partial charge is 0.337 e. The van der Waals surface area contributed by atoms with Crippen LogP contribution in [0.15, 0.2) is 161 Å². The van der Waals surface area contributed by atoms with Gasteiger partial charge in [-0.3, -0.25) is 9.98 Å². The lowest BCUT2D eigenvalue weighted by atomic mass is 9.93. The molecular weight excluding hydrogens is 645 g/mol. The zero-order valence-corrected chi connectivity index (χ0v) is 30.1. The van der Waals surface area contributed by atoms with Gasteiger partial charge in [-0.25, -0.2) is 0 Å². The predicted molar refractivity (Wildman–Crippen MR) is 222 cm³/mol. The number of hydrogen-bond acceptors (Lipinski definition) is 3. The number of dihydropyridines is 1. The highest BCUT2D eigenvalue weighted by atomic mass is 15.2. The number of nitrogens with zero attached hydrogens (tertiary/aromatic N) is 4. The molecule has 4 heterocycles. The lowest BCUT2D eigenvalue weighted by Gasteiger charge is -2.30. The van der Waals surface area contributed by atoms with Gasteiger partial charge >= 0.3 is 0 Å². The van der Waals surface area contributed by atoms with E-state index in [9.17, 15) is 0 Å². The van der Waals surface area contributed by atoms with Gasteiger partial charge in [-0.2, -0.15) is 0 Å². The van der Waals surface area contributed by atoms with E-state index in [1.807, 2.05) is 6.20 Å². The predicted octanol–water partition coefficient (Wildman–Crippen LogP) is 11.1.